The van der Waals surface area contributed by atoms with Crippen LogP contribution in [0.25, 0.3) is 10.9 Å². The number of hydrogen-bond acceptors (Lipinski definition) is 2. The number of carboxylic acids is 1. The van der Waals surface area contributed by atoms with E-state index in [0.29, 0.717) is 13.0 Å². The van der Waals surface area contributed by atoms with Crippen LogP contribution in [-0.4, -0.2) is 39.5 Å². The Kier molecular flexibility index (Phi) is 5.38. The second-order valence-corrected chi connectivity index (χ2v) is 7.81. The number of hydrogen-bond donors (Lipinski definition) is 1. The highest BCUT2D eigenvalue weighted by Gasteiger charge is 2.29. The van der Waals surface area contributed by atoms with Gasteiger partial charge in [0.1, 0.15) is 0 Å². The van der Waals surface area contributed by atoms with Gasteiger partial charge in [-0.3, -0.25) is 9.59 Å². The van der Waals surface area contributed by atoms with Gasteiger partial charge in [-0.1, -0.05) is 48.5 Å². The predicted molar refractivity (Wildman–Crippen MR) is 113 cm³/mol. The second kappa shape index (κ2) is 8.11. The summed E-state index contributed by atoms with van der Waals surface area (Å²) in [5.41, 5.74) is 4.27. The average molecular weight is 390 g/mol. The molecule has 1 amide bonds. The first-order chi connectivity index (χ1) is 14.0. The number of aromatic nitrogens is 1. The number of para-hydroxylation sites is 1. The predicted octanol–water partition coefficient (Wildman–Crippen LogP) is 3.67. The van der Waals surface area contributed by atoms with Gasteiger partial charge in [-0.05, 0) is 36.5 Å². The first-order valence-electron chi connectivity index (χ1n) is 10.1. The zero-order chi connectivity index (χ0) is 20.4. The molecular weight excluding hydrogens is 364 g/mol. The van der Waals surface area contributed by atoms with Crippen molar-refractivity contribution in [2.24, 2.45) is 0 Å². The van der Waals surface area contributed by atoms with Gasteiger partial charge in [0.25, 0.3) is 0 Å². The lowest BCUT2D eigenvalue weighted by Gasteiger charge is -2.33. The van der Waals surface area contributed by atoms with Gasteiger partial charge in [0.2, 0.25) is 5.91 Å². The molecule has 0 unspecified atom stereocenters. The van der Waals surface area contributed by atoms with Gasteiger partial charge in [-0.15, -0.1) is 0 Å². The number of aliphatic carboxylic acids is 1. The zero-order valence-corrected chi connectivity index (χ0v) is 16.7. The first kappa shape index (κ1) is 19.2. The fourth-order valence-corrected chi connectivity index (χ4v) is 4.47. The monoisotopic (exact) mass is 390 g/mol. The van der Waals surface area contributed by atoms with Crippen molar-refractivity contribution >= 4 is 22.8 Å². The summed E-state index contributed by atoms with van der Waals surface area (Å²) < 4.78 is 2.22. The summed E-state index contributed by atoms with van der Waals surface area (Å²) in [6.45, 7) is 0.711. The molecule has 1 aromatic heterocycles. The highest BCUT2D eigenvalue weighted by Crippen LogP contribution is 2.32. The number of likely N-dealkylation sites (N-methyl/N-ethyl adjacent to an activating group) is 1. The van der Waals surface area contributed by atoms with E-state index in [2.05, 4.69) is 16.7 Å². The Balaban J connectivity index is 1.52. The molecule has 2 heterocycles. The van der Waals surface area contributed by atoms with Crippen molar-refractivity contribution < 1.29 is 14.7 Å². The van der Waals surface area contributed by atoms with Crippen molar-refractivity contribution in [1.82, 2.24) is 9.47 Å². The van der Waals surface area contributed by atoms with Gasteiger partial charge >= 0.3 is 5.97 Å². The highest BCUT2D eigenvalue weighted by molar-refractivity contribution is 5.89. The second-order valence-electron chi connectivity index (χ2n) is 7.81. The summed E-state index contributed by atoms with van der Waals surface area (Å²) in [7, 11) is 1.90. The molecule has 1 aliphatic rings. The van der Waals surface area contributed by atoms with Crippen LogP contribution in [0.3, 0.4) is 0 Å². The molecule has 5 nitrogen and oxygen atoms in total. The zero-order valence-electron chi connectivity index (χ0n) is 16.7. The minimum atomic E-state index is -0.806. The van der Waals surface area contributed by atoms with Gasteiger partial charge in [0.15, 0.2) is 0 Å². The van der Waals surface area contributed by atoms with Gasteiger partial charge in [0.05, 0.1) is 6.42 Å². The third kappa shape index (κ3) is 3.90. The smallest absolute Gasteiger partial charge is 0.307 e. The number of nitrogens with zero attached hydrogens (tertiary/aromatic N) is 2. The summed E-state index contributed by atoms with van der Waals surface area (Å²) in [6.07, 6.45) is 2.94. The minimum Gasteiger partial charge on any atom is -0.481 e. The van der Waals surface area contributed by atoms with E-state index in [9.17, 15) is 14.7 Å². The number of fused-ring (bicyclic) bond motifs is 3. The average Bonchev–Trinajstić information content (AvgIpc) is 3.05. The number of rotatable bonds is 6. The molecule has 0 fully saturated rings. The van der Waals surface area contributed by atoms with E-state index >= 15 is 0 Å². The maximum atomic E-state index is 12.8. The van der Waals surface area contributed by atoms with Crippen LogP contribution in [0.15, 0.2) is 54.6 Å². The molecule has 4 rings (SSSR count). The Morgan fingerprint density at radius 2 is 1.83 bits per heavy atom. The highest BCUT2D eigenvalue weighted by atomic mass is 16.4. The number of carbonyl (C=O) groups is 2. The van der Waals surface area contributed by atoms with Crippen molar-refractivity contribution in [2.75, 3.05) is 7.05 Å². The van der Waals surface area contributed by atoms with E-state index in [1.807, 2.05) is 54.4 Å². The molecule has 1 N–H and O–H groups in total. The summed E-state index contributed by atoms with van der Waals surface area (Å²) in [6, 6.07) is 18.2. The van der Waals surface area contributed by atoms with Crippen LogP contribution < -0.4 is 0 Å². The quantitative estimate of drug-likeness (QED) is 0.698. The Labute approximate surface area is 170 Å². The number of amides is 1. The topological polar surface area (TPSA) is 62.5 Å². The number of aryl methyl sites for hydroxylation is 1. The molecule has 0 bridgehead atoms. The molecule has 0 spiro atoms. The molecule has 0 saturated heterocycles. The van der Waals surface area contributed by atoms with Crippen molar-refractivity contribution in [3.63, 3.8) is 0 Å². The molecule has 5 heteroatoms. The van der Waals surface area contributed by atoms with Crippen LogP contribution >= 0.6 is 0 Å². The van der Waals surface area contributed by atoms with Gasteiger partial charge in [0, 0.05) is 42.7 Å². The van der Waals surface area contributed by atoms with Crippen LogP contribution in [-0.2, 0) is 35.4 Å². The molecule has 1 aliphatic heterocycles. The fourth-order valence-electron chi connectivity index (χ4n) is 4.47. The Morgan fingerprint density at radius 3 is 2.59 bits per heavy atom. The summed E-state index contributed by atoms with van der Waals surface area (Å²) >= 11 is 0. The van der Waals surface area contributed by atoms with E-state index in [1.54, 1.807) is 0 Å². The lowest BCUT2D eigenvalue weighted by molar-refractivity contribution is -0.136. The molecule has 29 heavy (non-hydrogen) atoms. The van der Waals surface area contributed by atoms with E-state index in [0.717, 1.165) is 41.4 Å². The van der Waals surface area contributed by atoms with Crippen molar-refractivity contribution in [1.29, 1.82) is 0 Å². The standard InChI is InChI=1S/C24H26N2O3/c1-25(23(27)14-11-17-7-3-2-4-8-17)18-12-13-22-20(15-24(28)29)19-9-5-6-10-21(19)26(22)16-18/h2-10,18H,11-16H2,1H3,(H,28,29)/t18-/m1/s1. The Hall–Kier alpha value is -3.08. The van der Waals surface area contributed by atoms with Crippen molar-refractivity contribution in [3.8, 4) is 0 Å². The molecule has 0 saturated carbocycles. The van der Waals surface area contributed by atoms with E-state index < -0.39 is 5.97 Å². The van der Waals surface area contributed by atoms with Gasteiger partial charge in [-0.25, -0.2) is 0 Å². The summed E-state index contributed by atoms with van der Waals surface area (Å²) in [4.78, 5) is 26.1. The van der Waals surface area contributed by atoms with Crippen molar-refractivity contribution in [3.05, 3.63) is 71.4 Å². The Morgan fingerprint density at radius 1 is 1.10 bits per heavy atom. The molecule has 0 radical (unpaired) electrons. The normalized spacial score (nSPS) is 15.8. The SMILES string of the molecule is CN(C(=O)CCc1ccccc1)[C@@H]1CCc2c(CC(=O)O)c3ccccc3n2C1. The molecule has 0 aliphatic carbocycles. The molecule has 2 aromatic carbocycles. The van der Waals surface area contributed by atoms with Crippen LogP contribution in [0.1, 0.15) is 29.7 Å². The minimum absolute atomic E-state index is 0.0410. The molecular formula is C24H26N2O3. The molecule has 1 atom stereocenters. The van der Waals surface area contributed by atoms with E-state index in [1.165, 1.54) is 5.56 Å². The number of carbonyl (C=O) groups excluding carboxylic acids is 1. The third-order valence-electron chi connectivity index (χ3n) is 6.04. The number of carboxylic acid groups (broad SMARTS) is 1. The summed E-state index contributed by atoms with van der Waals surface area (Å²) in [5.74, 6) is -0.649. The van der Waals surface area contributed by atoms with E-state index in [4.69, 9.17) is 0 Å². The molecule has 3 aromatic rings. The lowest BCUT2D eigenvalue weighted by atomic mass is 9.99. The van der Waals surface area contributed by atoms with Crippen LogP contribution in [0.5, 0.6) is 0 Å². The number of benzene rings is 2. The molecule has 150 valence electrons. The van der Waals surface area contributed by atoms with Gasteiger partial charge < -0.3 is 14.6 Å². The van der Waals surface area contributed by atoms with Crippen LogP contribution in [0, 0.1) is 0 Å². The third-order valence-corrected chi connectivity index (χ3v) is 6.04. The lowest BCUT2D eigenvalue weighted by Crippen LogP contribution is -2.42. The Bertz CT molecular complexity index is 1040. The largest absolute Gasteiger partial charge is 0.481 e. The summed E-state index contributed by atoms with van der Waals surface area (Å²) in [5, 5.41) is 10.4. The van der Waals surface area contributed by atoms with Crippen LogP contribution in [0.4, 0.5) is 0 Å². The maximum Gasteiger partial charge on any atom is 0.307 e. The van der Waals surface area contributed by atoms with Crippen LogP contribution in [0.2, 0.25) is 0 Å². The first-order valence-corrected chi connectivity index (χ1v) is 10.1. The van der Waals surface area contributed by atoms with Gasteiger partial charge in [-0.2, -0.15) is 0 Å². The maximum absolute atomic E-state index is 12.8. The fraction of sp³-hybridized carbons (Fsp3) is 0.333. The van der Waals surface area contributed by atoms with Crippen molar-refractivity contribution in [2.45, 2.75) is 44.7 Å². The van der Waals surface area contributed by atoms with E-state index in [-0.39, 0.29) is 18.4 Å².